The van der Waals surface area contributed by atoms with Crippen molar-refractivity contribution in [3.8, 4) is 0 Å². The van der Waals surface area contributed by atoms with E-state index in [1.54, 1.807) is 12.1 Å². The lowest BCUT2D eigenvalue weighted by Gasteiger charge is -2.13. The summed E-state index contributed by atoms with van der Waals surface area (Å²) in [5, 5.41) is 2.83. The number of cyclic esters (lactones) is 2. The van der Waals surface area contributed by atoms with Crippen LogP contribution in [0.1, 0.15) is 32.1 Å². The van der Waals surface area contributed by atoms with Gasteiger partial charge in [-0.05, 0) is 37.1 Å². The second-order valence-corrected chi connectivity index (χ2v) is 8.14. The fourth-order valence-corrected chi connectivity index (χ4v) is 4.06. The second-order valence-electron chi connectivity index (χ2n) is 7.05. The van der Waals surface area contributed by atoms with Gasteiger partial charge in [0.05, 0.1) is 12.3 Å². The zero-order valence-corrected chi connectivity index (χ0v) is 17.1. The third kappa shape index (κ3) is 6.03. The fourth-order valence-electron chi connectivity index (χ4n) is 3.09. The van der Waals surface area contributed by atoms with Gasteiger partial charge in [-0.15, -0.1) is 11.8 Å². The van der Waals surface area contributed by atoms with Crippen LogP contribution in [0.15, 0.2) is 41.3 Å². The molecule has 0 aromatic heterocycles. The summed E-state index contributed by atoms with van der Waals surface area (Å²) in [7, 11) is 0. The molecule has 9 heteroatoms. The van der Waals surface area contributed by atoms with Crippen molar-refractivity contribution in [3.63, 3.8) is 0 Å². The van der Waals surface area contributed by atoms with Crippen LogP contribution in [-0.4, -0.2) is 46.9 Å². The number of esters is 2. The average Bonchev–Trinajstić information content (AvgIpc) is 3.21. The van der Waals surface area contributed by atoms with E-state index in [1.165, 1.54) is 28.8 Å². The molecule has 1 unspecified atom stereocenters. The highest BCUT2D eigenvalue weighted by atomic mass is 32.2. The van der Waals surface area contributed by atoms with Crippen molar-refractivity contribution in [2.75, 3.05) is 17.6 Å². The molecule has 1 N–H and O–H groups in total. The third-order valence-electron chi connectivity index (χ3n) is 4.74. The highest BCUT2D eigenvalue weighted by Crippen LogP contribution is 2.27. The monoisotopic (exact) mass is 430 g/mol. The molecule has 30 heavy (non-hydrogen) atoms. The topological polar surface area (TPSA) is 110 Å². The van der Waals surface area contributed by atoms with Crippen molar-refractivity contribution >= 4 is 47.1 Å². The zero-order chi connectivity index (χ0) is 21.5. The Balaban J connectivity index is 1.31. The molecule has 0 spiro atoms. The van der Waals surface area contributed by atoms with Crippen LogP contribution in [0.5, 0.6) is 0 Å². The molecule has 1 saturated heterocycles. The fraction of sp³-hybridized carbons (Fsp3) is 0.381. The highest BCUT2D eigenvalue weighted by Gasteiger charge is 2.33. The predicted molar refractivity (Wildman–Crippen MR) is 109 cm³/mol. The molecule has 8 nitrogen and oxygen atoms in total. The second kappa shape index (κ2) is 10.2. The molecule has 1 aromatic rings. The summed E-state index contributed by atoms with van der Waals surface area (Å²) in [6.45, 7) is 0.373. The van der Waals surface area contributed by atoms with E-state index in [0.29, 0.717) is 37.2 Å². The number of hydrogen-bond acceptors (Lipinski definition) is 7. The first-order valence-electron chi connectivity index (χ1n) is 9.73. The summed E-state index contributed by atoms with van der Waals surface area (Å²) in [6, 6.07) is 7.27. The average molecular weight is 430 g/mol. The van der Waals surface area contributed by atoms with E-state index in [0.717, 1.165) is 11.3 Å². The van der Waals surface area contributed by atoms with Gasteiger partial charge >= 0.3 is 11.9 Å². The Morgan fingerprint density at radius 1 is 1.03 bits per heavy atom. The van der Waals surface area contributed by atoms with E-state index >= 15 is 0 Å². The van der Waals surface area contributed by atoms with Crippen LogP contribution in [0.2, 0.25) is 0 Å². The molecule has 2 aliphatic heterocycles. The van der Waals surface area contributed by atoms with E-state index in [9.17, 15) is 24.0 Å². The molecule has 0 saturated carbocycles. The number of ether oxygens (including phenoxy) is 1. The van der Waals surface area contributed by atoms with Gasteiger partial charge in [-0.1, -0.05) is 6.42 Å². The van der Waals surface area contributed by atoms with Gasteiger partial charge in [0.2, 0.25) is 5.91 Å². The zero-order valence-electron chi connectivity index (χ0n) is 16.3. The minimum Gasteiger partial charge on any atom is -0.393 e. The number of unbranched alkanes of at least 4 members (excludes halogenated alkanes) is 2. The van der Waals surface area contributed by atoms with Gasteiger partial charge in [-0.25, -0.2) is 0 Å². The predicted octanol–water partition coefficient (Wildman–Crippen LogP) is 2.29. The third-order valence-corrected chi connectivity index (χ3v) is 5.91. The van der Waals surface area contributed by atoms with Crippen LogP contribution in [0.25, 0.3) is 0 Å². The largest absolute Gasteiger partial charge is 0.393 e. The van der Waals surface area contributed by atoms with Crippen molar-refractivity contribution in [1.29, 1.82) is 0 Å². The number of rotatable bonds is 10. The van der Waals surface area contributed by atoms with Gasteiger partial charge in [-0.3, -0.25) is 28.9 Å². The van der Waals surface area contributed by atoms with Crippen LogP contribution in [-0.2, 0) is 28.7 Å². The minimum absolute atomic E-state index is 0.0994. The first-order valence-corrected chi connectivity index (χ1v) is 10.7. The number of imide groups is 1. The lowest BCUT2D eigenvalue weighted by Crippen LogP contribution is -2.30. The maximum absolute atomic E-state index is 12.1. The Morgan fingerprint density at radius 3 is 2.37 bits per heavy atom. The summed E-state index contributed by atoms with van der Waals surface area (Å²) in [5.74, 6) is -1.53. The van der Waals surface area contributed by atoms with Crippen molar-refractivity contribution in [2.24, 2.45) is 5.92 Å². The van der Waals surface area contributed by atoms with Gasteiger partial charge in [0.1, 0.15) is 0 Å². The van der Waals surface area contributed by atoms with E-state index < -0.39 is 17.9 Å². The molecule has 3 amide bonds. The number of carbonyl (C=O) groups excluding carboxylic acids is 5. The van der Waals surface area contributed by atoms with E-state index in [4.69, 9.17) is 0 Å². The first-order chi connectivity index (χ1) is 14.4. The van der Waals surface area contributed by atoms with Crippen LogP contribution < -0.4 is 5.32 Å². The molecule has 0 bridgehead atoms. The molecule has 1 aromatic carbocycles. The molecule has 0 radical (unpaired) electrons. The van der Waals surface area contributed by atoms with Crippen LogP contribution in [0.4, 0.5) is 5.69 Å². The summed E-state index contributed by atoms with van der Waals surface area (Å²) >= 11 is 1.46. The summed E-state index contributed by atoms with van der Waals surface area (Å²) < 4.78 is 4.53. The minimum atomic E-state index is -0.473. The number of hydrogen-bond donors (Lipinski definition) is 1. The number of nitrogens with zero attached hydrogens (tertiary/aromatic N) is 1. The number of thioether (sulfide) groups is 1. The lowest BCUT2D eigenvalue weighted by atomic mass is 10.1. The molecule has 1 fully saturated rings. The Labute approximate surface area is 178 Å². The van der Waals surface area contributed by atoms with E-state index in [2.05, 4.69) is 10.1 Å². The molecule has 1 atom stereocenters. The lowest BCUT2D eigenvalue weighted by molar-refractivity contribution is -0.153. The molecule has 2 heterocycles. The SMILES string of the molecule is O=C(CCCCCN1C(=O)C=CC1=O)Nc1ccc(SCC2CC(=O)OC2=O)cc1. The number of carbonyl (C=O) groups is 5. The van der Waals surface area contributed by atoms with Gasteiger partial charge in [0.25, 0.3) is 11.8 Å². The molecule has 158 valence electrons. The smallest absolute Gasteiger partial charge is 0.318 e. The van der Waals surface area contributed by atoms with Crippen LogP contribution in [0, 0.1) is 5.92 Å². The van der Waals surface area contributed by atoms with Crippen LogP contribution >= 0.6 is 11.8 Å². The van der Waals surface area contributed by atoms with Crippen molar-refractivity contribution < 1.29 is 28.7 Å². The maximum atomic E-state index is 12.1. The first kappa shape index (κ1) is 21.8. The van der Waals surface area contributed by atoms with Crippen molar-refractivity contribution in [3.05, 3.63) is 36.4 Å². The van der Waals surface area contributed by atoms with E-state index in [1.807, 2.05) is 12.1 Å². The number of amides is 3. The Hall–Kier alpha value is -2.94. The Bertz CT molecular complexity index is 862. The molecule has 3 rings (SSSR count). The normalized spacial score (nSPS) is 18.3. The molecule has 2 aliphatic rings. The molecular formula is C21H22N2O6S. The maximum Gasteiger partial charge on any atom is 0.318 e. The quantitative estimate of drug-likeness (QED) is 0.199. The Kier molecular flexibility index (Phi) is 7.40. The Morgan fingerprint density at radius 2 is 1.73 bits per heavy atom. The summed E-state index contributed by atoms with van der Waals surface area (Å²) in [6.07, 6.45) is 5.09. The van der Waals surface area contributed by atoms with E-state index in [-0.39, 0.29) is 24.1 Å². The van der Waals surface area contributed by atoms with Crippen molar-refractivity contribution in [2.45, 2.75) is 37.0 Å². The van der Waals surface area contributed by atoms with Gasteiger partial charge in [0, 0.05) is 41.5 Å². The van der Waals surface area contributed by atoms with Gasteiger partial charge < -0.3 is 10.1 Å². The molecule has 0 aliphatic carbocycles. The summed E-state index contributed by atoms with van der Waals surface area (Å²) in [4.78, 5) is 59.6. The standard InChI is InChI=1S/C21H22N2O6S/c24-17(4-2-1-3-11-23-18(25)9-10-19(23)26)22-15-5-7-16(8-6-15)30-13-14-12-20(27)29-21(14)28/h5-10,14H,1-4,11-13H2,(H,22,24). The van der Waals surface area contributed by atoms with Gasteiger partial charge in [0.15, 0.2) is 0 Å². The number of benzene rings is 1. The highest BCUT2D eigenvalue weighted by molar-refractivity contribution is 7.99. The number of nitrogens with one attached hydrogen (secondary N) is 1. The summed E-state index contributed by atoms with van der Waals surface area (Å²) in [5.41, 5.74) is 0.680. The van der Waals surface area contributed by atoms with Crippen molar-refractivity contribution in [1.82, 2.24) is 4.90 Å². The van der Waals surface area contributed by atoms with Gasteiger partial charge in [-0.2, -0.15) is 0 Å². The number of anilines is 1. The molecular weight excluding hydrogens is 408 g/mol. The van der Waals surface area contributed by atoms with Crippen LogP contribution in [0.3, 0.4) is 0 Å².